The van der Waals surface area contributed by atoms with E-state index in [1.165, 1.54) is 11.6 Å². The van der Waals surface area contributed by atoms with Crippen LogP contribution >= 0.6 is 0 Å². The van der Waals surface area contributed by atoms with E-state index in [-0.39, 0.29) is 11.2 Å². The molecule has 8 nitrogen and oxygen atoms in total. The molecule has 0 atom stereocenters. The van der Waals surface area contributed by atoms with E-state index in [1.54, 1.807) is 13.1 Å². The molecule has 0 radical (unpaired) electrons. The zero-order chi connectivity index (χ0) is 17.4. The lowest BCUT2D eigenvalue weighted by Gasteiger charge is -2.32. The Morgan fingerprint density at radius 3 is 2.38 bits per heavy atom. The van der Waals surface area contributed by atoms with Crippen molar-refractivity contribution < 1.29 is 0 Å². The number of imidazole rings is 1. The number of likely N-dealkylation sites (N-methyl/N-ethyl adjacent to an activating group) is 1. The summed E-state index contributed by atoms with van der Waals surface area (Å²) in [6.45, 7) is 8.90. The molecule has 2 aromatic rings. The summed E-state index contributed by atoms with van der Waals surface area (Å²) >= 11 is 0. The zero-order valence-corrected chi connectivity index (χ0v) is 14.5. The molecule has 24 heavy (non-hydrogen) atoms. The van der Waals surface area contributed by atoms with Crippen LogP contribution in [0.15, 0.2) is 22.2 Å². The third-order valence-electron chi connectivity index (χ3n) is 4.70. The summed E-state index contributed by atoms with van der Waals surface area (Å²) in [5.41, 5.74) is 0.228. The van der Waals surface area contributed by atoms with Crippen molar-refractivity contribution in [2.45, 2.75) is 13.1 Å². The minimum atomic E-state index is -0.359. The predicted molar refractivity (Wildman–Crippen MR) is 93.2 cm³/mol. The highest BCUT2D eigenvalue weighted by atomic mass is 16.2. The summed E-state index contributed by atoms with van der Waals surface area (Å²) in [7, 11) is 5.26. The van der Waals surface area contributed by atoms with Gasteiger partial charge in [-0.3, -0.25) is 18.8 Å². The van der Waals surface area contributed by atoms with Crippen LogP contribution in [-0.2, 0) is 27.2 Å². The van der Waals surface area contributed by atoms with E-state index in [0.717, 1.165) is 36.6 Å². The second kappa shape index (κ2) is 6.37. The average molecular weight is 332 g/mol. The van der Waals surface area contributed by atoms with E-state index in [4.69, 9.17) is 0 Å². The number of aryl methyl sites for hydroxylation is 1. The Morgan fingerprint density at radius 2 is 1.75 bits per heavy atom. The molecule has 0 N–H and O–H groups in total. The number of fused-ring (bicyclic) bond motifs is 1. The number of aromatic nitrogens is 4. The highest BCUT2D eigenvalue weighted by Gasteiger charge is 2.21. The summed E-state index contributed by atoms with van der Waals surface area (Å²) in [4.78, 5) is 34.0. The van der Waals surface area contributed by atoms with Crippen LogP contribution in [0, 0.1) is 0 Å². The highest BCUT2D eigenvalue weighted by Crippen LogP contribution is 2.14. The summed E-state index contributed by atoms with van der Waals surface area (Å²) in [6, 6.07) is 0. The van der Waals surface area contributed by atoms with Gasteiger partial charge in [-0.15, -0.1) is 6.58 Å². The predicted octanol–water partition coefficient (Wildman–Crippen LogP) is -0.633. The van der Waals surface area contributed by atoms with Crippen LogP contribution < -0.4 is 11.2 Å². The number of rotatable bonds is 4. The molecule has 8 heteroatoms. The van der Waals surface area contributed by atoms with Crippen LogP contribution in [-0.4, -0.2) is 61.7 Å². The lowest BCUT2D eigenvalue weighted by atomic mass is 10.3. The molecule has 0 aromatic carbocycles. The Kier molecular flexibility index (Phi) is 4.42. The number of allylic oxidation sites excluding steroid dienone is 1. The minimum Gasteiger partial charge on any atom is -0.317 e. The van der Waals surface area contributed by atoms with E-state index in [0.29, 0.717) is 24.3 Å². The van der Waals surface area contributed by atoms with Gasteiger partial charge in [0.25, 0.3) is 5.56 Å². The van der Waals surface area contributed by atoms with E-state index in [1.807, 2.05) is 4.57 Å². The Labute approximate surface area is 140 Å². The Morgan fingerprint density at radius 1 is 1.08 bits per heavy atom. The fourth-order valence-electron chi connectivity index (χ4n) is 3.14. The van der Waals surface area contributed by atoms with Gasteiger partial charge in [0.15, 0.2) is 11.2 Å². The van der Waals surface area contributed by atoms with Gasteiger partial charge < -0.3 is 9.47 Å². The minimum absolute atomic E-state index is 0.313. The summed E-state index contributed by atoms with van der Waals surface area (Å²) in [5.74, 6) is 0.799. The van der Waals surface area contributed by atoms with Gasteiger partial charge in [0, 0.05) is 46.8 Å². The van der Waals surface area contributed by atoms with Gasteiger partial charge in [-0.1, -0.05) is 6.08 Å². The van der Waals surface area contributed by atoms with Crippen LogP contribution in [0.2, 0.25) is 0 Å². The third-order valence-corrected chi connectivity index (χ3v) is 4.70. The maximum absolute atomic E-state index is 12.6. The lowest BCUT2D eigenvalue weighted by Crippen LogP contribution is -2.44. The number of hydrogen-bond donors (Lipinski definition) is 0. The van der Waals surface area contributed by atoms with Crippen molar-refractivity contribution in [3.63, 3.8) is 0 Å². The fraction of sp³-hybridized carbons (Fsp3) is 0.562. The van der Waals surface area contributed by atoms with E-state index >= 15 is 0 Å². The van der Waals surface area contributed by atoms with Crippen molar-refractivity contribution in [1.82, 2.24) is 28.5 Å². The molecule has 1 saturated heterocycles. The number of nitrogens with zero attached hydrogens (tertiary/aromatic N) is 6. The Bertz CT molecular complexity index is 883. The van der Waals surface area contributed by atoms with Crippen molar-refractivity contribution in [3.05, 3.63) is 39.3 Å². The fourth-order valence-corrected chi connectivity index (χ4v) is 3.14. The highest BCUT2D eigenvalue weighted by molar-refractivity contribution is 5.71. The second-order valence-corrected chi connectivity index (χ2v) is 6.38. The Hall–Kier alpha value is -2.19. The summed E-state index contributed by atoms with van der Waals surface area (Å²) < 4.78 is 4.44. The number of piperazine rings is 1. The van der Waals surface area contributed by atoms with Gasteiger partial charge in [0.2, 0.25) is 0 Å². The van der Waals surface area contributed by atoms with Gasteiger partial charge >= 0.3 is 5.69 Å². The van der Waals surface area contributed by atoms with Gasteiger partial charge in [-0.05, 0) is 7.05 Å². The topological polar surface area (TPSA) is 68.3 Å². The van der Waals surface area contributed by atoms with Crippen molar-refractivity contribution in [2.24, 2.45) is 14.1 Å². The molecular formula is C16H24N6O2. The van der Waals surface area contributed by atoms with Crippen molar-refractivity contribution in [2.75, 3.05) is 33.2 Å². The standard InChI is InChI=1S/C16H24N6O2/c1-5-6-22-12(11-21-9-7-18(2)8-10-21)17-14-13(22)15(23)20(4)16(24)19(14)3/h5H,1,6-11H2,2-4H3. The summed E-state index contributed by atoms with van der Waals surface area (Å²) in [5, 5.41) is 0. The molecule has 0 bridgehead atoms. The molecule has 0 amide bonds. The molecule has 3 heterocycles. The van der Waals surface area contributed by atoms with Crippen LogP contribution in [0.1, 0.15) is 5.82 Å². The lowest BCUT2D eigenvalue weighted by molar-refractivity contribution is 0.144. The van der Waals surface area contributed by atoms with Crippen molar-refractivity contribution in [1.29, 1.82) is 0 Å². The Balaban J connectivity index is 2.11. The maximum atomic E-state index is 12.6. The first-order valence-electron chi connectivity index (χ1n) is 8.11. The smallest absolute Gasteiger partial charge is 0.317 e. The first-order chi connectivity index (χ1) is 11.4. The molecule has 2 aromatic heterocycles. The largest absolute Gasteiger partial charge is 0.332 e. The second-order valence-electron chi connectivity index (χ2n) is 6.38. The molecular weight excluding hydrogens is 308 g/mol. The van der Waals surface area contributed by atoms with Crippen LogP contribution in [0.3, 0.4) is 0 Å². The maximum Gasteiger partial charge on any atom is 0.332 e. The van der Waals surface area contributed by atoms with E-state index in [2.05, 4.69) is 28.4 Å². The van der Waals surface area contributed by atoms with Gasteiger partial charge in [-0.2, -0.15) is 0 Å². The molecule has 1 aliphatic rings. The quantitative estimate of drug-likeness (QED) is 0.697. The first-order valence-corrected chi connectivity index (χ1v) is 8.11. The average Bonchev–Trinajstić information content (AvgIpc) is 2.92. The third kappa shape index (κ3) is 2.71. The van der Waals surface area contributed by atoms with Crippen LogP contribution in [0.25, 0.3) is 11.2 Å². The van der Waals surface area contributed by atoms with Crippen LogP contribution in [0.5, 0.6) is 0 Å². The monoisotopic (exact) mass is 332 g/mol. The van der Waals surface area contributed by atoms with Crippen molar-refractivity contribution >= 4 is 11.2 Å². The van der Waals surface area contributed by atoms with Gasteiger partial charge in [0.05, 0.1) is 6.54 Å². The molecule has 0 aliphatic carbocycles. The van der Waals surface area contributed by atoms with Crippen LogP contribution in [0.4, 0.5) is 0 Å². The molecule has 130 valence electrons. The van der Waals surface area contributed by atoms with E-state index in [9.17, 15) is 9.59 Å². The molecule has 0 saturated carbocycles. The van der Waals surface area contributed by atoms with Gasteiger partial charge in [0.1, 0.15) is 5.82 Å². The molecule has 0 spiro atoms. The van der Waals surface area contributed by atoms with Gasteiger partial charge in [-0.25, -0.2) is 9.78 Å². The molecule has 3 rings (SSSR count). The molecule has 0 unspecified atom stereocenters. The first kappa shape index (κ1) is 16.7. The molecule has 1 aliphatic heterocycles. The molecule has 1 fully saturated rings. The van der Waals surface area contributed by atoms with Crippen molar-refractivity contribution in [3.8, 4) is 0 Å². The zero-order valence-electron chi connectivity index (χ0n) is 14.5. The SMILES string of the molecule is C=CCn1c(CN2CCN(C)CC2)nc2c1c(=O)n(C)c(=O)n2C. The normalized spacial score (nSPS) is 16.8. The summed E-state index contributed by atoms with van der Waals surface area (Å²) in [6.07, 6.45) is 1.75. The number of hydrogen-bond acceptors (Lipinski definition) is 5. The van der Waals surface area contributed by atoms with E-state index < -0.39 is 0 Å².